The molecule has 2 bridgehead atoms. The van der Waals surface area contributed by atoms with Gasteiger partial charge in [-0.2, -0.15) is 0 Å². The standard InChI is InChI=1S/C23H30BClN4O3/c1-22(2)23(3,4)32-24(31-22)16-6-7-20(26-11-16)28-13-17-9-18(14-28)29(17)12-15-8-19(25)21(30-5)27-10-15/h6-8,10-11,17-18H,9,12-14H2,1-5H3. The number of piperazine rings is 1. The Morgan fingerprint density at radius 1 is 1.09 bits per heavy atom. The number of piperidine rings is 1. The highest BCUT2D eigenvalue weighted by atomic mass is 35.5. The molecular weight excluding hydrogens is 427 g/mol. The summed E-state index contributed by atoms with van der Waals surface area (Å²) < 4.78 is 17.5. The van der Waals surface area contributed by atoms with Crippen LogP contribution < -0.4 is 15.1 Å². The van der Waals surface area contributed by atoms with Crippen molar-refractivity contribution in [3.63, 3.8) is 0 Å². The van der Waals surface area contributed by atoms with E-state index in [-0.39, 0.29) is 18.3 Å². The first-order valence-electron chi connectivity index (χ1n) is 11.2. The summed E-state index contributed by atoms with van der Waals surface area (Å²) in [6.07, 6.45) is 4.97. The molecular formula is C23H30BClN4O3. The van der Waals surface area contributed by atoms with E-state index in [2.05, 4.69) is 54.6 Å². The molecule has 2 atom stereocenters. The monoisotopic (exact) mass is 456 g/mol. The van der Waals surface area contributed by atoms with E-state index in [0.29, 0.717) is 23.0 Å². The molecule has 6 rings (SSSR count). The van der Waals surface area contributed by atoms with Crippen LogP contribution >= 0.6 is 11.6 Å². The number of rotatable bonds is 5. The molecule has 0 amide bonds. The van der Waals surface area contributed by atoms with Gasteiger partial charge in [-0.15, -0.1) is 0 Å². The minimum Gasteiger partial charge on any atom is -0.480 e. The van der Waals surface area contributed by atoms with Crippen molar-refractivity contribution in [1.82, 2.24) is 14.9 Å². The SMILES string of the molecule is COc1ncc(CN2C3CC2CN(c2ccc(B4OC(C)(C)C(C)(C)O4)cn2)C3)cc1Cl. The summed E-state index contributed by atoms with van der Waals surface area (Å²) in [7, 11) is 1.20. The molecule has 4 fully saturated rings. The van der Waals surface area contributed by atoms with Crippen LogP contribution in [0.4, 0.5) is 5.82 Å². The van der Waals surface area contributed by atoms with E-state index >= 15 is 0 Å². The summed E-state index contributed by atoms with van der Waals surface area (Å²) >= 11 is 6.25. The molecule has 0 saturated carbocycles. The van der Waals surface area contributed by atoms with Crippen molar-refractivity contribution in [2.24, 2.45) is 0 Å². The molecule has 7 nitrogen and oxygen atoms in total. The van der Waals surface area contributed by atoms with Crippen LogP contribution in [0.3, 0.4) is 0 Å². The summed E-state index contributed by atoms with van der Waals surface area (Å²) in [5.41, 5.74) is 1.37. The minimum atomic E-state index is -0.378. The Morgan fingerprint density at radius 3 is 2.34 bits per heavy atom. The zero-order valence-electron chi connectivity index (χ0n) is 19.3. The van der Waals surface area contributed by atoms with Crippen molar-refractivity contribution in [3.05, 3.63) is 41.2 Å². The summed E-state index contributed by atoms with van der Waals surface area (Å²) in [5.74, 6) is 1.48. The Hall–Kier alpha value is -1.87. The zero-order valence-corrected chi connectivity index (χ0v) is 20.1. The third kappa shape index (κ3) is 3.77. The lowest BCUT2D eigenvalue weighted by Crippen LogP contribution is -2.68. The Morgan fingerprint density at radius 2 is 1.78 bits per heavy atom. The van der Waals surface area contributed by atoms with E-state index in [1.807, 2.05) is 18.5 Å². The van der Waals surface area contributed by atoms with Gasteiger partial charge in [0, 0.05) is 49.6 Å². The number of halogens is 1. The maximum absolute atomic E-state index is 6.25. The second-order valence-electron chi connectivity index (χ2n) is 9.99. The number of methoxy groups -OCH3 is 1. The number of anilines is 1. The average molecular weight is 457 g/mol. The van der Waals surface area contributed by atoms with Crippen molar-refractivity contribution < 1.29 is 14.0 Å². The molecule has 0 aromatic carbocycles. The van der Waals surface area contributed by atoms with Crippen LogP contribution in [-0.2, 0) is 15.9 Å². The molecule has 4 aliphatic heterocycles. The first-order chi connectivity index (χ1) is 15.2. The van der Waals surface area contributed by atoms with Crippen LogP contribution in [0.25, 0.3) is 0 Å². The number of aromatic nitrogens is 2. The highest BCUT2D eigenvalue weighted by Gasteiger charge is 2.52. The number of ether oxygens (including phenoxy) is 1. The van der Waals surface area contributed by atoms with Crippen LogP contribution in [0.15, 0.2) is 30.6 Å². The van der Waals surface area contributed by atoms with E-state index in [4.69, 9.17) is 30.6 Å². The molecule has 4 aliphatic rings. The smallest absolute Gasteiger partial charge is 0.480 e. The molecule has 2 aromatic heterocycles. The molecule has 0 aliphatic carbocycles. The van der Waals surface area contributed by atoms with Crippen molar-refractivity contribution in [3.8, 4) is 5.88 Å². The lowest BCUT2D eigenvalue weighted by Gasteiger charge is -2.56. The Kier molecular flexibility index (Phi) is 5.40. The number of hydrogen-bond donors (Lipinski definition) is 0. The van der Waals surface area contributed by atoms with Crippen LogP contribution in [0, 0.1) is 0 Å². The van der Waals surface area contributed by atoms with E-state index in [0.717, 1.165) is 36.5 Å². The van der Waals surface area contributed by atoms with Gasteiger partial charge in [0.25, 0.3) is 0 Å². The summed E-state index contributed by atoms with van der Waals surface area (Å²) in [6, 6.07) is 7.14. The molecule has 32 heavy (non-hydrogen) atoms. The van der Waals surface area contributed by atoms with E-state index in [1.54, 1.807) is 7.11 Å². The van der Waals surface area contributed by atoms with Gasteiger partial charge in [-0.1, -0.05) is 17.7 Å². The van der Waals surface area contributed by atoms with Crippen molar-refractivity contribution >= 4 is 30.0 Å². The average Bonchev–Trinajstić information content (AvgIpc) is 2.99. The van der Waals surface area contributed by atoms with Crippen LogP contribution in [0.1, 0.15) is 39.7 Å². The topological polar surface area (TPSA) is 60.0 Å². The van der Waals surface area contributed by atoms with Gasteiger partial charge < -0.3 is 18.9 Å². The lowest BCUT2D eigenvalue weighted by molar-refractivity contribution is -0.00876. The second kappa shape index (κ2) is 7.87. The molecule has 9 heteroatoms. The van der Waals surface area contributed by atoms with Gasteiger partial charge in [0.1, 0.15) is 10.8 Å². The van der Waals surface area contributed by atoms with Gasteiger partial charge in [-0.25, -0.2) is 9.97 Å². The highest BCUT2D eigenvalue weighted by Crippen LogP contribution is 2.37. The predicted octanol–water partition coefficient (Wildman–Crippen LogP) is 2.90. The fourth-order valence-corrected chi connectivity index (χ4v) is 5.01. The van der Waals surface area contributed by atoms with Crippen LogP contribution in [-0.4, -0.2) is 65.5 Å². The lowest BCUT2D eigenvalue weighted by atomic mass is 9.80. The molecule has 2 unspecified atom stereocenters. The zero-order chi connectivity index (χ0) is 22.7. The number of fused-ring (bicyclic) bond motifs is 2. The first-order valence-corrected chi connectivity index (χ1v) is 11.6. The molecule has 4 saturated heterocycles. The quantitative estimate of drug-likeness (QED) is 0.641. The van der Waals surface area contributed by atoms with Gasteiger partial charge in [-0.05, 0) is 51.8 Å². The Labute approximate surface area is 195 Å². The van der Waals surface area contributed by atoms with E-state index < -0.39 is 0 Å². The third-order valence-corrected chi connectivity index (χ3v) is 7.66. The number of nitrogens with zero attached hydrogens (tertiary/aromatic N) is 4. The molecule has 6 heterocycles. The summed E-state index contributed by atoms with van der Waals surface area (Å²) in [6.45, 7) is 11.1. The maximum Gasteiger partial charge on any atom is 0.496 e. The largest absolute Gasteiger partial charge is 0.496 e. The van der Waals surface area contributed by atoms with Crippen molar-refractivity contribution in [2.45, 2.75) is 63.9 Å². The van der Waals surface area contributed by atoms with Crippen LogP contribution in [0.2, 0.25) is 5.02 Å². The Bertz CT molecular complexity index is 975. The van der Waals surface area contributed by atoms with Gasteiger partial charge >= 0.3 is 7.12 Å². The maximum atomic E-state index is 6.25. The fourth-order valence-electron chi connectivity index (χ4n) is 4.75. The van der Waals surface area contributed by atoms with Gasteiger partial charge in [0.05, 0.1) is 18.3 Å². The number of hydrogen-bond acceptors (Lipinski definition) is 7. The predicted molar refractivity (Wildman–Crippen MR) is 126 cm³/mol. The van der Waals surface area contributed by atoms with E-state index in [1.165, 1.54) is 6.42 Å². The number of pyridine rings is 2. The van der Waals surface area contributed by atoms with E-state index in [9.17, 15) is 0 Å². The Balaban J connectivity index is 1.21. The summed E-state index contributed by atoms with van der Waals surface area (Å²) in [5, 5.41) is 0.559. The molecule has 2 aromatic rings. The molecule has 0 spiro atoms. The highest BCUT2D eigenvalue weighted by molar-refractivity contribution is 6.62. The van der Waals surface area contributed by atoms with Gasteiger partial charge in [-0.3, -0.25) is 4.90 Å². The summed E-state index contributed by atoms with van der Waals surface area (Å²) in [4.78, 5) is 14.0. The van der Waals surface area contributed by atoms with Crippen molar-refractivity contribution in [2.75, 3.05) is 25.1 Å². The molecule has 170 valence electrons. The fraction of sp³-hybridized carbons (Fsp3) is 0.565. The van der Waals surface area contributed by atoms with Gasteiger partial charge in [0.15, 0.2) is 0 Å². The minimum absolute atomic E-state index is 0.350. The third-order valence-electron chi connectivity index (χ3n) is 7.39. The molecule has 0 radical (unpaired) electrons. The van der Waals surface area contributed by atoms with Crippen molar-refractivity contribution in [1.29, 1.82) is 0 Å². The second-order valence-corrected chi connectivity index (χ2v) is 10.4. The first kappa shape index (κ1) is 22.0. The normalized spacial score (nSPS) is 26.2. The van der Waals surface area contributed by atoms with Crippen LogP contribution in [0.5, 0.6) is 5.88 Å². The molecule has 0 N–H and O–H groups in total. The van der Waals surface area contributed by atoms with Gasteiger partial charge in [0.2, 0.25) is 5.88 Å².